The first-order chi connectivity index (χ1) is 11.0. The van der Waals surface area contributed by atoms with Crippen molar-refractivity contribution >= 4 is 5.69 Å². The van der Waals surface area contributed by atoms with Gasteiger partial charge in [-0.05, 0) is 12.1 Å². The van der Waals surface area contributed by atoms with Gasteiger partial charge in [0.05, 0.1) is 24.1 Å². The fourth-order valence-corrected chi connectivity index (χ4v) is 2.02. The molecule has 0 radical (unpaired) electrons. The van der Waals surface area contributed by atoms with Crippen molar-refractivity contribution in [3.63, 3.8) is 0 Å². The Morgan fingerprint density at radius 2 is 1.96 bits per heavy atom. The lowest BCUT2D eigenvalue weighted by molar-refractivity contribution is -0.142. The Kier molecular flexibility index (Phi) is 4.05. The van der Waals surface area contributed by atoms with Crippen LogP contribution in [-0.4, -0.2) is 20.9 Å². The standard InChI is InChI=1S/C15H13F3N4O/c16-15(17,18)10-22-8-12(7-20-22)19-6-13-9-23-14(21-13)11-4-2-1-3-5-11/h1-5,7-9,19H,6,10H2. The zero-order valence-electron chi connectivity index (χ0n) is 11.9. The molecule has 0 saturated carbocycles. The summed E-state index contributed by atoms with van der Waals surface area (Å²) < 4.78 is 43.0. The molecule has 0 fully saturated rings. The molecule has 0 atom stereocenters. The van der Waals surface area contributed by atoms with Crippen LogP contribution in [0.25, 0.3) is 11.5 Å². The third-order valence-corrected chi connectivity index (χ3v) is 3.02. The van der Waals surface area contributed by atoms with Crippen molar-refractivity contribution in [1.29, 1.82) is 0 Å². The van der Waals surface area contributed by atoms with Gasteiger partial charge in [-0.25, -0.2) is 4.98 Å². The molecular formula is C15H13F3N4O. The van der Waals surface area contributed by atoms with Crippen molar-refractivity contribution in [1.82, 2.24) is 14.8 Å². The number of aromatic nitrogens is 3. The Morgan fingerprint density at radius 3 is 2.70 bits per heavy atom. The van der Waals surface area contributed by atoms with E-state index < -0.39 is 12.7 Å². The minimum atomic E-state index is -4.29. The van der Waals surface area contributed by atoms with E-state index in [1.807, 2.05) is 30.3 Å². The Bertz CT molecular complexity index is 764. The molecule has 120 valence electrons. The minimum absolute atomic E-state index is 0.327. The summed E-state index contributed by atoms with van der Waals surface area (Å²) in [7, 11) is 0. The average molecular weight is 322 g/mol. The highest BCUT2D eigenvalue weighted by Gasteiger charge is 2.28. The van der Waals surface area contributed by atoms with Crippen molar-refractivity contribution < 1.29 is 17.6 Å². The number of nitrogens with zero attached hydrogens (tertiary/aromatic N) is 3. The van der Waals surface area contributed by atoms with E-state index >= 15 is 0 Å². The SMILES string of the molecule is FC(F)(F)Cn1cc(NCc2coc(-c3ccccc3)n2)cn1. The summed E-state index contributed by atoms with van der Waals surface area (Å²) in [6, 6.07) is 9.42. The van der Waals surface area contributed by atoms with Crippen LogP contribution in [0.15, 0.2) is 53.4 Å². The van der Waals surface area contributed by atoms with E-state index in [1.54, 1.807) is 0 Å². The Balaban J connectivity index is 1.60. The number of alkyl halides is 3. The molecule has 3 rings (SSSR count). The van der Waals surface area contributed by atoms with Crippen LogP contribution in [0.5, 0.6) is 0 Å². The highest BCUT2D eigenvalue weighted by molar-refractivity contribution is 5.52. The topological polar surface area (TPSA) is 55.9 Å². The summed E-state index contributed by atoms with van der Waals surface area (Å²) in [6.07, 6.45) is -0.148. The first-order valence-corrected chi connectivity index (χ1v) is 6.82. The van der Waals surface area contributed by atoms with Gasteiger partial charge in [-0.1, -0.05) is 18.2 Å². The lowest BCUT2D eigenvalue weighted by Crippen LogP contribution is -2.17. The molecular weight excluding hydrogens is 309 g/mol. The average Bonchev–Trinajstić information content (AvgIpc) is 3.13. The number of halogens is 3. The zero-order valence-corrected chi connectivity index (χ0v) is 11.9. The van der Waals surface area contributed by atoms with Crippen molar-refractivity contribution in [3.8, 4) is 11.5 Å². The van der Waals surface area contributed by atoms with E-state index in [1.165, 1.54) is 18.7 Å². The maximum atomic E-state index is 12.3. The third kappa shape index (κ3) is 4.12. The number of nitrogens with one attached hydrogen (secondary N) is 1. The van der Waals surface area contributed by atoms with E-state index in [0.717, 1.165) is 10.2 Å². The van der Waals surface area contributed by atoms with Crippen molar-refractivity contribution in [3.05, 3.63) is 54.7 Å². The molecule has 1 aromatic carbocycles. The largest absolute Gasteiger partial charge is 0.444 e. The van der Waals surface area contributed by atoms with E-state index in [9.17, 15) is 13.2 Å². The highest BCUT2D eigenvalue weighted by Crippen LogP contribution is 2.20. The van der Waals surface area contributed by atoms with E-state index in [-0.39, 0.29) is 0 Å². The predicted molar refractivity (Wildman–Crippen MR) is 77.5 cm³/mol. The minimum Gasteiger partial charge on any atom is -0.444 e. The number of rotatable bonds is 5. The molecule has 8 heteroatoms. The number of benzene rings is 1. The lowest BCUT2D eigenvalue weighted by atomic mass is 10.2. The molecule has 0 spiro atoms. The summed E-state index contributed by atoms with van der Waals surface area (Å²) in [6.45, 7) is -0.787. The number of oxazole rings is 1. The smallest absolute Gasteiger partial charge is 0.408 e. The van der Waals surface area contributed by atoms with Crippen LogP contribution in [0, 0.1) is 0 Å². The second-order valence-electron chi connectivity index (χ2n) is 4.91. The molecule has 0 aliphatic rings. The number of hydrogen-bond acceptors (Lipinski definition) is 4. The molecule has 2 aromatic heterocycles. The molecule has 0 amide bonds. The normalized spacial score (nSPS) is 11.6. The monoisotopic (exact) mass is 322 g/mol. The molecule has 2 heterocycles. The molecule has 0 bridgehead atoms. The second-order valence-corrected chi connectivity index (χ2v) is 4.91. The number of hydrogen-bond donors (Lipinski definition) is 1. The molecule has 0 unspecified atom stereocenters. The fourth-order valence-electron chi connectivity index (χ4n) is 2.02. The van der Waals surface area contributed by atoms with Crippen LogP contribution < -0.4 is 5.32 Å². The molecule has 0 aliphatic carbocycles. The van der Waals surface area contributed by atoms with Crippen molar-refractivity contribution in [2.75, 3.05) is 5.32 Å². The van der Waals surface area contributed by atoms with Gasteiger partial charge < -0.3 is 9.73 Å². The quantitative estimate of drug-likeness (QED) is 0.778. The van der Waals surface area contributed by atoms with Crippen molar-refractivity contribution in [2.45, 2.75) is 19.3 Å². The maximum Gasteiger partial charge on any atom is 0.408 e. The van der Waals surface area contributed by atoms with Crippen LogP contribution in [0.4, 0.5) is 18.9 Å². The first kappa shape index (κ1) is 15.1. The summed E-state index contributed by atoms with van der Waals surface area (Å²) in [5, 5.41) is 6.62. The molecule has 3 aromatic rings. The third-order valence-electron chi connectivity index (χ3n) is 3.02. The van der Waals surface area contributed by atoms with Crippen LogP contribution in [0.2, 0.25) is 0 Å². The van der Waals surface area contributed by atoms with Gasteiger partial charge in [0.15, 0.2) is 0 Å². The first-order valence-electron chi connectivity index (χ1n) is 6.82. The van der Waals surface area contributed by atoms with Crippen LogP contribution in [0.1, 0.15) is 5.69 Å². The van der Waals surface area contributed by atoms with E-state index in [2.05, 4.69) is 15.4 Å². The van der Waals surface area contributed by atoms with E-state index in [0.29, 0.717) is 23.8 Å². The van der Waals surface area contributed by atoms with Crippen molar-refractivity contribution in [2.24, 2.45) is 0 Å². The molecule has 1 N–H and O–H groups in total. The molecule has 5 nitrogen and oxygen atoms in total. The zero-order chi connectivity index (χ0) is 16.3. The Hall–Kier alpha value is -2.77. The van der Waals surface area contributed by atoms with E-state index in [4.69, 9.17) is 4.42 Å². The Labute approximate surface area is 129 Å². The van der Waals surface area contributed by atoms with Gasteiger partial charge in [-0.2, -0.15) is 18.3 Å². The summed E-state index contributed by atoms with van der Waals surface area (Å²) in [5.41, 5.74) is 1.99. The van der Waals surface area contributed by atoms with Crippen LogP contribution in [-0.2, 0) is 13.1 Å². The van der Waals surface area contributed by atoms with Gasteiger partial charge in [-0.15, -0.1) is 0 Å². The summed E-state index contributed by atoms with van der Waals surface area (Å²) in [4.78, 5) is 4.33. The van der Waals surface area contributed by atoms with Gasteiger partial charge in [0.25, 0.3) is 0 Å². The highest BCUT2D eigenvalue weighted by atomic mass is 19.4. The molecule has 23 heavy (non-hydrogen) atoms. The predicted octanol–water partition coefficient (Wildman–Crippen LogP) is 3.71. The fraction of sp³-hybridized carbons (Fsp3) is 0.200. The van der Waals surface area contributed by atoms with Gasteiger partial charge in [-0.3, -0.25) is 4.68 Å². The maximum absolute atomic E-state index is 12.3. The summed E-state index contributed by atoms with van der Waals surface area (Å²) >= 11 is 0. The van der Waals surface area contributed by atoms with Crippen LogP contribution >= 0.6 is 0 Å². The lowest BCUT2D eigenvalue weighted by Gasteiger charge is -2.05. The van der Waals surface area contributed by atoms with Gasteiger partial charge in [0.2, 0.25) is 5.89 Å². The molecule has 0 aliphatic heterocycles. The Morgan fingerprint density at radius 1 is 1.17 bits per heavy atom. The van der Waals surface area contributed by atoms with Crippen LogP contribution in [0.3, 0.4) is 0 Å². The molecule has 0 saturated heterocycles. The number of anilines is 1. The van der Waals surface area contributed by atoms with Gasteiger partial charge in [0.1, 0.15) is 12.8 Å². The van der Waals surface area contributed by atoms with Gasteiger partial charge in [0, 0.05) is 11.8 Å². The summed E-state index contributed by atoms with van der Waals surface area (Å²) in [5.74, 6) is 0.496. The second kappa shape index (κ2) is 6.15. The van der Waals surface area contributed by atoms with Gasteiger partial charge >= 0.3 is 6.18 Å².